The minimum Gasteiger partial charge on any atom is -0.0947 e. The van der Waals surface area contributed by atoms with Crippen molar-refractivity contribution >= 4 is 26.5 Å². The molecule has 0 fully saturated rings. The van der Waals surface area contributed by atoms with Gasteiger partial charge in [0.1, 0.15) is 0 Å². The molecule has 0 bridgehead atoms. The van der Waals surface area contributed by atoms with Gasteiger partial charge < -0.3 is 0 Å². The van der Waals surface area contributed by atoms with Gasteiger partial charge in [-0.25, -0.2) is 0 Å². The van der Waals surface area contributed by atoms with E-state index in [1.54, 1.807) is 5.31 Å². The Morgan fingerprint density at radius 1 is 0.714 bits per heavy atom. The van der Waals surface area contributed by atoms with Gasteiger partial charge >= 0.3 is 0 Å². The van der Waals surface area contributed by atoms with Gasteiger partial charge in [-0.1, -0.05) is 128 Å². The molecule has 1 unspecified atom stereocenters. The van der Waals surface area contributed by atoms with Crippen molar-refractivity contribution in [2.24, 2.45) is 5.92 Å². The van der Waals surface area contributed by atoms with Crippen molar-refractivity contribution in [1.29, 1.82) is 0 Å². The molecule has 1 aliphatic carbocycles. The van der Waals surface area contributed by atoms with E-state index in [9.17, 15) is 0 Å². The van der Waals surface area contributed by atoms with Crippen LogP contribution in [0.25, 0.3) is 0 Å². The number of hydrogen-bond donors (Lipinski definition) is 0. The molecule has 0 nitrogen and oxygen atoms in total. The Kier molecular flexibility index (Phi) is 6.64. The van der Waals surface area contributed by atoms with Crippen molar-refractivity contribution in [1.82, 2.24) is 0 Å². The summed E-state index contributed by atoms with van der Waals surface area (Å²) < 4.78 is 0. The van der Waals surface area contributed by atoms with Gasteiger partial charge in [0.05, 0.1) is 0 Å². The van der Waals surface area contributed by atoms with Crippen molar-refractivity contribution in [3.63, 3.8) is 0 Å². The second-order valence-electron chi connectivity index (χ2n) is 9.54. The molecule has 0 saturated carbocycles. The SMILES string of the molecule is CC(C)(C)P(CC1C=CC=C1P(c1ccccc1)c1ccccc1)C(C)(C)C. The first-order chi connectivity index (χ1) is 13.2. The average molecular weight is 409 g/mol. The molecule has 0 radical (unpaired) electrons. The standard InChI is InChI=1S/C26H34P2/c1-25(2,3)27(26(4,5)6)20-21-14-13-19-24(21)28(22-15-9-7-10-16-22)23-17-11-8-12-18-23/h7-19,21H,20H2,1-6H3. The maximum Gasteiger partial charge on any atom is 0.00714 e. The lowest BCUT2D eigenvalue weighted by Crippen LogP contribution is -2.29. The second-order valence-corrected chi connectivity index (χ2v) is 15.7. The van der Waals surface area contributed by atoms with Gasteiger partial charge in [-0.15, -0.1) is 0 Å². The maximum atomic E-state index is 2.46. The molecule has 148 valence electrons. The van der Waals surface area contributed by atoms with E-state index in [-0.39, 0.29) is 7.92 Å². The quantitative estimate of drug-likeness (QED) is 0.457. The van der Waals surface area contributed by atoms with Gasteiger partial charge in [-0.05, 0) is 40.3 Å². The van der Waals surface area contributed by atoms with E-state index in [1.165, 1.54) is 16.8 Å². The number of benzene rings is 2. The molecule has 0 heterocycles. The fourth-order valence-corrected chi connectivity index (χ4v) is 10.8. The Hall–Kier alpha value is -1.22. The first kappa shape index (κ1) is 21.5. The Bertz CT molecular complexity index is 767. The lowest BCUT2D eigenvalue weighted by atomic mass is 10.2. The molecule has 28 heavy (non-hydrogen) atoms. The highest BCUT2D eigenvalue weighted by atomic mass is 31.1. The zero-order valence-corrected chi connectivity index (χ0v) is 20.0. The molecule has 3 rings (SSSR count). The highest BCUT2D eigenvalue weighted by molar-refractivity contribution is 7.76. The van der Waals surface area contributed by atoms with Crippen LogP contribution in [-0.2, 0) is 0 Å². The Labute approximate surface area is 174 Å². The van der Waals surface area contributed by atoms with Gasteiger partial charge in [-0.3, -0.25) is 0 Å². The van der Waals surface area contributed by atoms with E-state index in [2.05, 4.69) is 120 Å². The smallest absolute Gasteiger partial charge is 0.00714 e. The predicted octanol–water partition coefficient (Wildman–Crippen LogP) is 7.27. The highest BCUT2D eigenvalue weighted by Crippen LogP contribution is 2.62. The van der Waals surface area contributed by atoms with Crippen LogP contribution in [0.5, 0.6) is 0 Å². The number of rotatable bonds is 5. The van der Waals surface area contributed by atoms with Crippen LogP contribution in [0.3, 0.4) is 0 Å². The molecule has 1 aliphatic rings. The van der Waals surface area contributed by atoms with Crippen molar-refractivity contribution in [3.05, 3.63) is 84.2 Å². The third-order valence-electron chi connectivity index (χ3n) is 5.28. The van der Waals surface area contributed by atoms with E-state index in [4.69, 9.17) is 0 Å². The van der Waals surface area contributed by atoms with Gasteiger partial charge in [0.2, 0.25) is 0 Å². The summed E-state index contributed by atoms with van der Waals surface area (Å²) in [6, 6.07) is 22.2. The molecule has 0 aromatic heterocycles. The van der Waals surface area contributed by atoms with Crippen molar-refractivity contribution in [2.45, 2.75) is 51.9 Å². The van der Waals surface area contributed by atoms with Gasteiger partial charge in [0, 0.05) is 5.92 Å². The zero-order chi connectivity index (χ0) is 20.4. The molecule has 0 amide bonds. The Morgan fingerprint density at radius 2 is 1.18 bits per heavy atom. The molecule has 1 atom stereocenters. The van der Waals surface area contributed by atoms with Crippen LogP contribution in [0.1, 0.15) is 41.5 Å². The van der Waals surface area contributed by atoms with E-state index in [1.807, 2.05) is 0 Å². The summed E-state index contributed by atoms with van der Waals surface area (Å²) in [5, 5.41) is 5.25. The Morgan fingerprint density at radius 3 is 1.61 bits per heavy atom. The van der Waals surface area contributed by atoms with E-state index in [0.717, 1.165) is 0 Å². The van der Waals surface area contributed by atoms with Crippen LogP contribution in [-0.4, -0.2) is 16.5 Å². The maximum absolute atomic E-state index is 2.46. The minimum absolute atomic E-state index is 0.125. The van der Waals surface area contributed by atoms with Crippen molar-refractivity contribution in [2.75, 3.05) is 6.16 Å². The van der Waals surface area contributed by atoms with E-state index < -0.39 is 7.92 Å². The molecule has 2 aromatic rings. The van der Waals surface area contributed by atoms with Gasteiger partial charge in [0.15, 0.2) is 0 Å². The Balaban J connectivity index is 1.97. The average Bonchev–Trinajstić information content (AvgIpc) is 3.08. The molecule has 0 aliphatic heterocycles. The topological polar surface area (TPSA) is 0 Å². The largest absolute Gasteiger partial charge is 0.0947 e. The minimum atomic E-state index is -0.485. The van der Waals surface area contributed by atoms with Crippen LogP contribution < -0.4 is 10.6 Å². The first-order valence-corrected chi connectivity index (χ1v) is 13.1. The summed E-state index contributed by atoms with van der Waals surface area (Å²) in [6.07, 6.45) is 8.46. The molecular weight excluding hydrogens is 374 g/mol. The second kappa shape index (κ2) is 8.65. The normalized spacial score (nSPS) is 17.4. The highest BCUT2D eigenvalue weighted by Gasteiger charge is 2.37. The predicted molar refractivity (Wildman–Crippen MR) is 131 cm³/mol. The molecule has 0 spiro atoms. The number of allylic oxidation sites excluding steroid dienone is 4. The molecule has 0 N–H and O–H groups in total. The van der Waals surface area contributed by atoms with E-state index >= 15 is 0 Å². The summed E-state index contributed by atoms with van der Waals surface area (Å²) in [7, 11) is -0.609. The van der Waals surface area contributed by atoms with Crippen molar-refractivity contribution in [3.8, 4) is 0 Å². The molecular formula is C26H34P2. The van der Waals surface area contributed by atoms with Crippen LogP contribution >= 0.6 is 15.8 Å². The summed E-state index contributed by atoms with van der Waals surface area (Å²) in [6.45, 7) is 14.6. The lowest BCUT2D eigenvalue weighted by molar-refractivity contribution is 0.695. The van der Waals surface area contributed by atoms with Crippen LogP contribution in [0, 0.1) is 5.92 Å². The van der Waals surface area contributed by atoms with Crippen LogP contribution in [0.4, 0.5) is 0 Å². The fourth-order valence-electron chi connectivity index (χ4n) is 4.26. The lowest BCUT2D eigenvalue weighted by Gasteiger charge is -2.43. The molecule has 2 aromatic carbocycles. The van der Waals surface area contributed by atoms with Crippen molar-refractivity contribution < 1.29 is 0 Å². The summed E-state index contributed by atoms with van der Waals surface area (Å²) in [5.74, 6) is 0.552. The van der Waals surface area contributed by atoms with Crippen LogP contribution in [0.2, 0.25) is 0 Å². The van der Waals surface area contributed by atoms with Gasteiger partial charge in [-0.2, -0.15) is 0 Å². The summed E-state index contributed by atoms with van der Waals surface area (Å²) >= 11 is 0. The number of hydrogen-bond acceptors (Lipinski definition) is 0. The van der Waals surface area contributed by atoms with E-state index in [0.29, 0.717) is 16.2 Å². The fraction of sp³-hybridized carbons (Fsp3) is 0.385. The zero-order valence-electron chi connectivity index (χ0n) is 18.2. The van der Waals surface area contributed by atoms with Crippen LogP contribution in [0.15, 0.2) is 84.2 Å². The first-order valence-electron chi connectivity index (χ1n) is 10.2. The molecule has 0 saturated heterocycles. The third-order valence-corrected chi connectivity index (χ3v) is 11.9. The summed E-state index contributed by atoms with van der Waals surface area (Å²) in [5.41, 5.74) is 0. The molecule has 2 heteroatoms. The summed E-state index contributed by atoms with van der Waals surface area (Å²) in [4.78, 5) is 0. The monoisotopic (exact) mass is 408 g/mol. The third kappa shape index (κ3) is 5.03. The van der Waals surface area contributed by atoms with Gasteiger partial charge in [0.25, 0.3) is 0 Å².